The van der Waals surface area contributed by atoms with Crippen LogP contribution in [0.5, 0.6) is 0 Å². The van der Waals surface area contributed by atoms with Crippen molar-refractivity contribution in [3.63, 3.8) is 0 Å². The van der Waals surface area contributed by atoms with Gasteiger partial charge in [0.15, 0.2) is 5.84 Å². The topological polar surface area (TPSA) is 152 Å². The van der Waals surface area contributed by atoms with E-state index in [0.717, 1.165) is 11.1 Å². The summed E-state index contributed by atoms with van der Waals surface area (Å²) in [5, 5.41) is 35.1. The number of ketones is 1. The molecule has 11 nitrogen and oxygen atoms in total. The molecule has 2 aromatic carbocycles. The lowest BCUT2D eigenvalue weighted by molar-refractivity contribution is -0.118. The SMILES string of the molecule is O=C(C(=Nc1ccc(F)c(Br)c1)NO)C1CCN(C(=O)Nc2ccc(-c3cnn(CCC(O)CO)c3)cc2)CC1. The average Bonchev–Trinajstić information content (AvgIpc) is 3.45. The minimum absolute atomic E-state index is 0.190. The first-order chi connectivity index (χ1) is 19.3. The predicted octanol–water partition coefficient (Wildman–Crippen LogP) is 3.72. The lowest BCUT2D eigenvalue weighted by Gasteiger charge is -2.31. The molecule has 0 saturated carbocycles. The first-order valence-corrected chi connectivity index (χ1v) is 13.5. The molecule has 40 heavy (non-hydrogen) atoms. The van der Waals surface area contributed by atoms with E-state index in [-0.39, 0.29) is 28.7 Å². The van der Waals surface area contributed by atoms with Gasteiger partial charge < -0.3 is 20.4 Å². The van der Waals surface area contributed by atoms with Crippen LogP contribution in [0.4, 0.5) is 20.6 Å². The number of aromatic nitrogens is 2. The molecule has 5 N–H and O–H groups in total. The average molecular weight is 617 g/mol. The van der Waals surface area contributed by atoms with Crippen LogP contribution in [0.15, 0.2) is 64.3 Å². The van der Waals surface area contributed by atoms with Crippen molar-refractivity contribution < 1.29 is 29.4 Å². The number of nitrogens with one attached hydrogen (secondary N) is 2. The van der Waals surface area contributed by atoms with Crippen molar-refractivity contribution in [3.05, 3.63) is 65.1 Å². The van der Waals surface area contributed by atoms with Crippen LogP contribution in [-0.2, 0) is 11.3 Å². The van der Waals surface area contributed by atoms with Crippen LogP contribution < -0.4 is 10.8 Å². The lowest BCUT2D eigenvalue weighted by Crippen LogP contribution is -2.44. The van der Waals surface area contributed by atoms with Crippen molar-refractivity contribution in [1.82, 2.24) is 20.2 Å². The van der Waals surface area contributed by atoms with Crippen LogP contribution >= 0.6 is 15.9 Å². The third-order valence-corrected chi connectivity index (χ3v) is 7.25. The highest BCUT2D eigenvalue weighted by Crippen LogP contribution is 2.25. The van der Waals surface area contributed by atoms with E-state index in [1.165, 1.54) is 18.2 Å². The number of amides is 2. The summed E-state index contributed by atoms with van der Waals surface area (Å²) >= 11 is 3.07. The van der Waals surface area contributed by atoms with E-state index in [2.05, 4.69) is 31.3 Å². The quantitative estimate of drug-likeness (QED) is 0.139. The van der Waals surface area contributed by atoms with Gasteiger partial charge in [0.05, 0.1) is 29.1 Å². The third kappa shape index (κ3) is 7.50. The molecule has 1 saturated heterocycles. The van der Waals surface area contributed by atoms with E-state index in [1.54, 1.807) is 27.9 Å². The molecule has 4 rings (SSSR count). The Labute approximate surface area is 238 Å². The fraction of sp³-hybridized carbons (Fsp3) is 0.333. The van der Waals surface area contributed by atoms with Crippen molar-refractivity contribution in [2.75, 3.05) is 25.0 Å². The summed E-state index contributed by atoms with van der Waals surface area (Å²) in [4.78, 5) is 31.4. The highest BCUT2D eigenvalue weighted by Gasteiger charge is 2.30. The number of aliphatic hydroxyl groups is 2. The fourth-order valence-corrected chi connectivity index (χ4v) is 4.68. The molecule has 1 atom stereocenters. The van der Waals surface area contributed by atoms with Gasteiger partial charge in [-0.2, -0.15) is 5.10 Å². The summed E-state index contributed by atoms with van der Waals surface area (Å²) in [6, 6.07) is 11.0. The predicted molar refractivity (Wildman–Crippen MR) is 150 cm³/mol. The van der Waals surface area contributed by atoms with Crippen LogP contribution in [0.2, 0.25) is 0 Å². The number of amidine groups is 1. The number of rotatable bonds is 9. The number of aliphatic imine (C=N–C) groups is 1. The van der Waals surface area contributed by atoms with E-state index < -0.39 is 17.8 Å². The summed E-state index contributed by atoms with van der Waals surface area (Å²) in [6.07, 6.45) is 3.99. The minimum Gasteiger partial charge on any atom is -0.394 e. The first kappa shape index (κ1) is 29.3. The zero-order chi connectivity index (χ0) is 28.6. The molecule has 0 bridgehead atoms. The van der Waals surface area contributed by atoms with Gasteiger partial charge in [0, 0.05) is 43.0 Å². The Bertz CT molecular complexity index is 1360. The number of carbonyl (C=O) groups is 2. The molecule has 2 amide bonds. The zero-order valence-corrected chi connectivity index (χ0v) is 23.1. The number of nitrogens with zero attached hydrogens (tertiary/aromatic N) is 4. The molecule has 1 aliphatic rings. The van der Waals surface area contributed by atoms with Gasteiger partial charge in [-0.1, -0.05) is 12.1 Å². The van der Waals surface area contributed by atoms with Gasteiger partial charge in [0.2, 0.25) is 5.78 Å². The molecular formula is C27H30BrFN6O5. The van der Waals surface area contributed by atoms with Gasteiger partial charge in [-0.05, 0) is 71.1 Å². The number of urea groups is 1. The number of Topliss-reactive ketones (excluding diaryl/α,β-unsaturated/α-hetero) is 1. The molecule has 1 fully saturated rings. The van der Waals surface area contributed by atoms with E-state index in [1.807, 2.05) is 23.8 Å². The Hall–Kier alpha value is -3.65. The molecule has 0 aliphatic carbocycles. The Morgan fingerprint density at radius 3 is 2.52 bits per heavy atom. The number of halogens is 2. The van der Waals surface area contributed by atoms with Crippen LogP contribution in [0.3, 0.4) is 0 Å². The fourth-order valence-electron chi connectivity index (χ4n) is 4.31. The van der Waals surface area contributed by atoms with Crippen LogP contribution in [-0.4, -0.2) is 73.6 Å². The Balaban J connectivity index is 1.28. The standard InChI is InChI=1S/C27H30BrFN6O5/c28-23-13-21(5-6-24(23)29)31-26(33-40)25(38)18-7-10-34(11-8-18)27(39)32-20-3-1-17(2-4-20)19-14-30-35(15-19)12-9-22(37)16-36/h1-6,13-15,18,22,36-37,40H,7-12,16H2,(H,31,33)(H,32,39). The Kier molecular flexibility index (Phi) is 9.98. The molecule has 13 heteroatoms. The molecule has 2 heterocycles. The molecular weight excluding hydrogens is 587 g/mol. The number of aliphatic hydroxyl groups excluding tert-OH is 2. The second-order valence-electron chi connectivity index (χ2n) is 9.42. The zero-order valence-electron chi connectivity index (χ0n) is 21.5. The van der Waals surface area contributed by atoms with E-state index in [0.29, 0.717) is 50.3 Å². The molecule has 3 aromatic rings. The summed E-state index contributed by atoms with van der Waals surface area (Å²) in [7, 11) is 0. The van der Waals surface area contributed by atoms with Crippen LogP contribution in [0.1, 0.15) is 19.3 Å². The first-order valence-electron chi connectivity index (χ1n) is 12.7. The highest BCUT2D eigenvalue weighted by molar-refractivity contribution is 9.10. The van der Waals surface area contributed by atoms with Crippen molar-refractivity contribution >= 4 is 45.0 Å². The molecule has 1 aromatic heterocycles. The second kappa shape index (κ2) is 13.6. The monoisotopic (exact) mass is 616 g/mol. The van der Waals surface area contributed by atoms with E-state index in [4.69, 9.17) is 5.11 Å². The second-order valence-corrected chi connectivity index (χ2v) is 10.3. The number of hydrogen-bond acceptors (Lipinski definition) is 7. The number of likely N-dealkylation sites (tertiary alicyclic amines) is 1. The third-order valence-electron chi connectivity index (χ3n) is 6.64. The normalized spacial score (nSPS) is 15.1. The van der Waals surface area contributed by atoms with Crippen LogP contribution in [0.25, 0.3) is 11.1 Å². The Morgan fingerprint density at radius 1 is 1.15 bits per heavy atom. The lowest BCUT2D eigenvalue weighted by atomic mass is 9.92. The maximum absolute atomic E-state index is 13.5. The van der Waals surface area contributed by atoms with Gasteiger partial charge in [0.1, 0.15) is 5.82 Å². The molecule has 212 valence electrons. The van der Waals surface area contributed by atoms with Gasteiger partial charge in [-0.15, -0.1) is 0 Å². The summed E-state index contributed by atoms with van der Waals surface area (Å²) < 4.78 is 15.4. The number of hydroxylamine groups is 1. The number of piperidine rings is 1. The van der Waals surface area contributed by atoms with E-state index in [9.17, 15) is 24.3 Å². The molecule has 0 radical (unpaired) electrons. The summed E-state index contributed by atoms with van der Waals surface area (Å²) in [5.41, 5.74) is 4.57. The summed E-state index contributed by atoms with van der Waals surface area (Å²) in [6.45, 7) is 0.900. The van der Waals surface area contributed by atoms with Gasteiger partial charge in [-0.25, -0.2) is 19.7 Å². The molecule has 1 aliphatic heterocycles. The Morgan fingerprint density at radius 2 is 1.88 bits per heavy atom. The largest absolute Gasteiger partial charge is 0.394 e. The van der Waals surface area contributed by atoms with Crippen molar-refractivity contribution in [2.45, 2.75) is 31.9 Å². The maximum Gasteiger partial charge on any atom is 0.321 e. The van der Waals surface area contributed by atoms with E-state index >= 15 is 0 Å². The smallest absolute Gasteiger partial charge is 0.321 e. The minimum atomic E-state index is -0.777. The highest BCUT2D eigenvalue weighted by atomic mass is 79.9. The van der Waals surface area contributed by atoms with Gasteiger partial charge in [-0.3, -0.25) is 14.7 Å². The van der Waals surface area contributed by atoms with Crippen LogP contribution in [0, 0.1) is 11.7 Å². The molecule has 1 unspecified atom stereocenters. The maximum atomic E-state index is 13.5. The number of benzene rings is 2. The molecule has 0 spiro atoms. The van der Waals surface area contributed by atoms with Crippen molar-refractivity contribution in [1.29, 1.82) is 0 Å². The number of carbonyl (C=O) groups excluding carboxylic acids is 2. The van der Waals surface area contributed by atoms with Crippen molar-refractivity contribution in [2.24, 2.45) is 10.9 Å². The number of hydrogen-bond donors (Lipinski definition) is 5. The summed E-state index contributed by atoms with van der Waals surface area (Å²) in [5.74, 6) is -1.52. The number of aryl methyl sites for hydroxylation is 1. The van der Waals surface area contributed by atoms with Gasteiger partial charge in [0.25, 0.3) is 0 Å². The van der Waals surface area contributed by atoms with Gasteiger partial charge >= 0.3 is 6.03 Å². The number of anilines is 1. The van der Waals surface area contributed by atoms with Crippen molar-refractivity contribution in [3.8, 4) is 11.1 Å².